The van der Waals surface area contributed by atoms with E-state index in [0.717, 1.165) is 0 Å². The number of anilines is 2. The van der Waals surface area contributed by atoms with Crippen LogP contribution < -0.4 is 11.1 Å². The van der Waals surface area contributed by atoms with E-state index >= 15 is 0 Å². The maximum absolute atomic E-state index is 11.7. The van der Waals surface area contributed by atoms with Gasteiger partial charge >= 0.3 is 0 Å². The van der Waals surface area contributed by atoms with Crippen LogP contribution in [0.15, 0.2) is 28.8 Å². The highest BCUT2D eigenvalue weighted by Crippen LogP contribution is 2.24. The molecular weight excluding hydrogens is 242 g/mol. The van der Waals surface area contributed by atoms with Crippen molar-refractivity contribution in [2.75, 3.05) is 11.1 Å². The molecule has 17 heavy (non-hydrogen) atoms. The van der Waals surface area contributed by atoms with Gasteiger partial charge in [0.2, 0.25) is 0 Å². The van der Waals surface area contributed by atoms with Crippen LogP contribution in [0.25, 0.3) is 0 Å². The Hall–Kier alpha value is -2.01. The highest BCUT2D eigenvalue weighted by molar-refractivity contribution is 6.34. The summed E-state index contributed by atoms with van der Waals surface area (Å²) in [6.45, 7) is 1.71. The summed E-state index contributed by atoms with van der Waals surface area (Å²) in [5, 5.41) is 6.60. The van der Waals surface area contributed by atoms with Crippen molar-refractivity contribution in [3.05, 3.63) is 40.7 Å². The molecule has 0 spiro atoms. The van der Waals surface area contributed by atoms with Crippen LogP contribution in [0.5, 0.6) is 0 Å². The normalized spacial score (nSPS) is 10.2. The van der Waals surface area contributed by atoms with Crippen LogP contribution >= 0.6 is 11.6 Å². The summed E-state index contributed by atoms with van der Waals surface area (Å²) in [4.78, 5) is 11.7. The van der Waals surface area contributed by atoms with E-state index in [9.17, 15) is 4.79 Å². The van der Waals surface area contributed by atoms with E-state index in [2.05, 4.69) is 10.5 Å². The summed E-state index contributed by atoms with van der Waals surface area (Å²) in [5.41, 5.74) is 6.76. The van der Waals surface area contributed by atoms with Crippen LogP contribution in [0.1, 0.15) is 16.2 Å². The molecule has 2 aromatic rings. The zero-order valence-electron chi connectivity index (χ0n) is 9.03. The quantitative estimate of drug-likeness (QED) is 0.804. The van der Waals surface area contributed by atoms with Gasteiger partial charge in [0.15, 0.2) is 5.69 Å². The van der Waals surface area contributed by atoms with Crippen LogP contribution in [-0.2, 0) is 0 Å². The van der Waals surface area contributed by atoms with Gasteiger partial charge in [-0.15, -0.1) is 0 Å². The zero-order valence-corrected chi connectivity index (χ0v) is 9.78. The molecule has 0 bridgehead atoms. The molecule has 1 amide bonds. The van der Waals surface area contributed by atoms with Gasteiger partial charge in [-0.3, -0.25) is 4.79 Å². The lowest BCUT2D eigenvalue weighted by Gasteiger charge is -2.05. The molecule has 0 aliphatic heterocycles. The first-order valence-corrected chi connectivity index (χ1v) is 5.24. The third kappa shape index (κ3) is 2.57. The molecule has 5 nitrogen and oxygen atoms in total. The number of amides is 1. The molecule has 0 radical (unpaired) electrons. The Morgan fingerprint density at radius 1 is 1.47 bits per heavy atom. The van der Waals surface area contributed by atoms with Gasteiger partial charge < -0.3 is 15.6 Å². The molecule has 1 aromatic heterocycles. The van der Waals surface area contributed by atoms with E-state index in [1.165, 1.54) is 0 Å². The Balaban J connectivity index is 2.18. The van der Waals surface area contributed by atoms with Crippen LogP contribution in [0, 0.1) is 6.92 Å². The van der Waals surface area contributed by atoms with Crippen molar-refractivity contribution < 1.29 is 9.32 Å². The van der Waals surface area contributed by atoms with E-state index < -0.39 is 0 Å². The number of nitrogens with two attached hydrogens (primary N) is 1. The number of carbonyl (C=O) groups is 1. The first kappa shape index (κ1) is 11.5. The van der Waals surface area contributed by atoms with E-state index in [-0.39, 0.29) is 11.6 Å². The van der Waals surface area contributed by atoms with Gasteiger partial charge in [-0.25, -0.2) is 0 Å². The van der Waals surface area contributed by atoms with Crippen LogP contribution in [0.4, 0.5) is 11.4 Å². The van der Waals surface area contributed by atoms with Gasteiger partial charge in [-0.1, -0.05) is 16.8 Å². The molecule has 0 saturated heterocycles. The largest absolute Gasteiger partial charge is 0.399 e. The minimum atomic E-state index is -0.381. The van der Waals surface area contributed by atoms with Crippen molar-refractivity contribution in [2.45, 2.75) is 6.92 Å². The third-order valence-corrected chi connectivity index (χ3v) is 2.41. The first-order valence-electron chi connectivity index (χ1n) is 4.86. The number of hydrogen-bond donors (Lipinski definition) is 2. The first-order chi connectivity index (χ1) is 8.06. The molecule has 0 atom stereocenters. The number of aromatic nitrogens is 1. The standard InChI is InChI=1S/C11H10ClN3O2/c1-6-4-10(15-17-6)11(16)14-9-3-2-7(13)5-8(9)12/h2-5H,13H2,1H3,(H,14,16). The molecule has 88 valence electrons. The van der Waals surface area contributed by atoms with Crippen molar-refractivity contribution in [1.29, 1.82) is 0 Å². The van der Waals surface area contributed by atoms with Gasteiger partial charge in [-0.05, 0) is 25.1 Å². The number of rotatable bonds is 2. The molecule has 3 N–H and O–H groups in total. The molecule has 2 rings (SSSR count). The zero-order chi connectivity index (χ0) is 12.4. The molecule has 1 aromatic carbocycles. The highest BCUT2D eigenvalue weighted by Gasteiger charge is 2.12. The predicted octanol–water partition coefficient (Wildman–Crippen LogP) is 2.47. The lowest BCUT2D eigenvalue weighted by atomic mass is 10.2. The Morgan fingerprint density at radius 3 is 2.82 bits per heavy atom. The summed E-state index contributed by atoms with van der Waals surface area (Å²) >= 11 is 5.93. The summed E-state index contributed by atoms with van der Waals surface area (Å²) in [7, 11) is 0. The number of carbonyl (C=O) groups excluding carboxylic acids is 1. The molecule has 0 aliphatic carbocycles. The Morgan fingerprint density at radius 2 is 2.24 bits per heavy atom. The Bertz CT molecular complexity index is 566. The monoisotopic (exact) mass is 251 g/mol. The lowest BCUT2D eigenvalue weighted by molar-refractivity contribution is 0.101. The minimum absolute atomic E-state index is 0.204. The molecular formula is C11H10ClN3O2. The fourth-order valence-corrected chi connectivity index (χ4v) is 1.53. The maximum atomic E-state index is 11.7. The van der Waals surface area contributed by atoms with Crippen LogP contribution in [-0.4, -0.2) is 11.1 Å². The summed E-state index contributed by atoms with van der Waals surface area (Å²) < 4.78 is 4.81. The van der Waals surface area contributed by atoms with Gasteiger partial charge in [0.25, 0.3) is 5.91 Å². The molecule has 0 unspecified atom stereocenters. The second-order valence-electron chi connectivity index (χ2n) is 3.52. The van der Waals surface area contributed by atoms with Crippen molar-refractivity contribution in [2.24, 2.45) is 0 Å². The molecule has 1 heterocycles. The summed E-state index contributed by atoms with van der Waals surface area (Å²) in [6.07, 6.45) is 0. The Kier molecular flexibility index (Phi) is 3.01. The Labute approximate surface area is 103 Å². The second-order valence-corrected chi connectivity index (χ2v) is 3.92. The number of hydrogen-bond acceptors (Lipinski definition) is 4. The van der Waals surface area contributed by atoms with Gasteiger partial charge in [0.05, 0.1) is 10.7 Å². The fraction of sp³-hybridized carbons (Fsp3) is 0.0909. The molecule has 0 saturated carbocycles. The molecule has 0 aliphatic rings. The summed E-state index contributed by atoms with van der Waals surface area (Å²) in [6, 6.07) is 6.38. The van der Waals surface area contributed by atoms with Crippen molar-refractivity contribution in [3.63, 3.8) is 0 Å². The number of nitrogen functional groups attached to an aromatic ring is 1. The van der Waals surface area contributed by atoms with Crippen molar-refractivity contribution >= 4 is 28.9 Å². The van der Waals surface area contributed by atoms with Crippen molar-refractivity contribution in [1.82, 2.24) is 5.16 Å². The van der Waals surface area contributed by atoms with E-state index in [4.69, 9.17) is 21.9 Å². The van der Waals surface area contributed by atoms with Crippen LogP contribution in [0.3, 0.4) is 0 Å². The predicted molar refractivity (Wildman–Crippen MR) is 65.1 cm³/mol. The van der Waals surface area contributed by atoms with E-state index in [1.54, 1.807) is 31.2 Å². The second kappa shape index (κ2) is 4.47. The number of aryl methyl sites for hydroxylation is 1. The van der Waals surface area contributed by atoms with Gasteiger partial charge in [0, 0.05) is 11.8 Å². The smallest absolute Gasteiger partial charge is 0.277 e. The number of halogens is 1. The molecule has 6 heteroatoms. The van der Waals surface area contributed by atoms with E-state index in [0.29, 0.717) is 22.2 Å². The fourth-order valence-electron chi connectivity index (χ4n) is 1.29. The summed E-state index contributed by atoms with van der Waals surface area (Å²) in [5.74, 6) is 0.187. The van der Waals surface area contributed by atoms with Crippen molar-refractivity contribution in [3.8, 4) is 0 Å². The van der Waals surface area contributed by atoms with Gasteiger partial charge in [0.1, 0.15) is 5.76 Å². The number of nitrogens with one attached hydrogen (secondary N) is 1. The number of nitrogens with zero attached hydrogens (tertiary/aromatic N) is 1. The molecule has 0 fully saturated rings. The van der Waals surface area contributed by atoms with E-state index in [1.807, 2.05) is 0 Å². The average molecular weight is 252 g/mol. The average Bonchev–Trinajstić information content (AvgIpc) is 2.69. The topological polar surface area (TPSA) is 81.2 Å². The SMILES string of the molecule is Cc1cc(C(=O)Nc2ccc(N)cc2Cl)no1. The third-order valence-electron chi connectivity index (χ3n) is 2.10. The lowest BCUT2D eigenvalue weighted by Crippen LogP contribution is -2.12. The van der Waals surface area contributed by atoms with Crippen LogP contribution in [0.2, 0.25) is 5.02 Å². The number of benzene rings is 1. The highest BCUT2D eigenvalue weighted by atomic mass is 35.5. The maximum Gasteiger partial charge on any atom is 0.277 e. The minimum Gasteiger partial charge on any atom is -0.399 e. The van der Waals surface area contributed by atoms with Gasteiger partial charge in [-0.2, -0.15) is 0 Å².